The Morgan fingerprint density at radius 2 is 2.11 bits per heavy atom. The highest BCUT2D eigenvalue weighted by molar-refractivity contribution is 5.92. The summed E-state index contributed by atoms with van der Waals surface area (Å²) in [6, 6.07) is 7.33. The van der Waals surface area contributed by atoms with Gasteiger partial charge in [-0.1, -0.05) is 19.1 Å². The Labute approximate surface area is 155 Å². The molecule has 1 saturated heterocycles. The molecule has 1 aliphatic heterocycles. The largest absolute Gasteiger partial charge is 0.337 e. The van der Waals surface area contributed by atoms with Crippen LogP contribution in [0.3, 0.4) is 0 Å². The molecule has 1 aromatic heterocycles. The molecule has 142 valence electrons. The van der Waals surface area contributed by atoms with Crippen LogP contribution in [0.5, 0.6) is 0 Å². The molecule has 9 nitrogen and oxygen atoms in total. The van der Waals surface area contributed by atoms with E-state index in [0.717, 1.165) is 6.42 Å². The van der Waals surface area contributed by atoms with Crippen molar-refractivity contribution in [1.82, 2.24) is 14.7 Å². The molecule has 0 saturated carbocycles. The van der Waals surface area contributed by atoms with E-state index in [1.54, 1.807) is 24.0 Å². The molecule has 2 N–H and O–H groups in total. The summed E-state index contributed by atoms with van der Waals surface area (Å²) < 4.78 is 1.27. The normalized spacial score (nSPS) is 19.3. The van der Waals surface area contributed by atoms with Crippen molar-refractivity contribution in [1.29, 1.82) is 0 Å². The molecule has 0 aliphatic carbocycles. The first-order chi connectivity index (χ1) is 12.8. The number of hydrogen-bond acceptors (Lipinski definition) is 6. The highest BCUT2D eigenvalue weighted by Crippen LogP contribution is 2.29. The number of benzene rings is 1. The van der Waals surface area contributed by atoms with Crippen LogP contribution in [0.1, 0.15) is 29.5 Å². The Bertz CT molecular complexity index is 970. The first-order valence-corrected chi connectivity index (χ1v) is 8.60. The van der Waals surface area contributed by atoms with Crippen LogP contribution >= 0.6 is 0 Å². The smallest absolute Gasteiger partial charge is 0.294 e. The zero-order chi connectivity index (χ0) is 19.8. The Morgan fingerprint density at radius 1 is 1.41 bits per heavy atom. The third kappa shape index (κ3) is 3.45. The number of aryl methyl sites for hydroxylation is 1. The minimum atomic E-state index is -0.525. The number of nitrogens with zero attached hydrogens (tertiary/aromatic N) is 4. The number of hydrogen-bond donors (Lipinski definition) is 1. The maximum atomic E-state index is 12.9. The number of nitro benzene ring substituents is 1. The molecular formula is C18H21N5O4. The van der Waals surface area contributed by atoms with Gasteiger partial charge in [0, 0.05) is 30.9 Å². The predicted molar refractivity (Wildman–Crippen MR) is 98.9 cm³/mol. The van der Waals surface area contributed by atoms with Gasteiger partial charge in [-0.2, -0.15) is 5.10 Å². The second-order valence-electron chi connectivity index (χ2n) is 7.15. The van der Waals surface area contributed by atoms with Gasteiger partial charge in [-0.3, -0.25) is 19.7 Å². The number of carbonyl (C=O) groups excluding carboxylic acids is 1. The molecule has 3 rings (SSSR count). The molecule has 1 atom stereocenters. The van der Waals surface area contributed by atoms with E-state index in [4.69, 9.17) is 5.73 Å². The number of rotatable bonds is 4. The van der Waals surface area contributed by atoms with E-state index < -0.39 is 16.3 Å². The second kappa shape index (κ2) is 6.92. The second-order valence-corrected chi connectivity index (χ2v) is 7.15. The highest BCUT2D eigenvalue weighted by atomic mass is 16.6. The van der Waals surface area contributed by atoms with Gasteiger partial charge < -0.3 is 10.6 Å². The summed E-state index contributed by atoms with van der Waals surface area (Å²) >= 11 is 0. The van der Waals surface area contributed by atoms with Gasteiger partial charge in [0.05, 0.1) is 4.92 Å². The minimum Gasteiger partial charge on any atom is -0.337 e. The average molecular weight is 371 g/mol. The van der Waals surface area contributed by atoms with Crippen molar-refractivity contribution in [2.45, 2.75) is 20.3 Å². The van der Waals surface area contributed by atoms with Gasteiger partial charge in [0.2, 0.25) is 5.43 Å². The van der Waals surface area contributed by atoms with Crippen LogP contribution < -0.4 is 11.2 Å². The van der Waals surface area contributed by atoms with Crippen LogP contribution in [-0.4, -0.2) is 45.1 Å². The van der Waals surface area contributed by atoms with E-state index in [1.165, 1.54) is 22.9 Å². The third-order valence-electron chi connectivity index (χ3n) is 4.95. The molecular weight excluding hydrogens is 350 g/mol. The molecule has 9 heteroatoms. The fourth-order valence-corrected chi connectivity index (χ4v) is 3.25. The minimum absolute atomic E-state index is 0.160. The SMILES string of the molecule is Cc1cc(=O)c(C(=O)N2CCC(C)(CN)C2)nn1-c1ccccc1[N+](=O)[O-]. The topological polar surface area (TPSA) is 124 Å². The fourth-order valence-electron chi connectivity index (χ4n) is 3.25. The maximum Gasteiger partial charge on any atom is 0.294 e. The Balaban J connectivity index is 2.05. The first-order valence-electron chi connectivity index (χ1n) is 8.60. The van der Waals surface area contributed by atoms with Crippen LogP contribution in [0.25, 0.3) is 5.69 Å². The summed E-state index contributed by atoms with van der Waals surface area (Å²) in [5.74, 6) is -0.482. The molecule has 2 aromatic rings. The number of likely N-dealkylation sites (tertiary alicyclic amines) is 1. The molecule has 1 aromatic carbocycles. The molecule has 27 heavy (non-hydrogen) atoms. The summed E-state index contributed by atoms with van der Waals surface area (Å²) in [5, 5.41) is 15.5. The van der Waals surface area contributed by atoms with Crippen molar-refractivity contribution in [2.24, 2.45) is 11.1 Å². The monoisotopic (exact) mass is 371 g/mol. The van der Waals surface area contributed by atoms with Gasteiger partial charge in [0.25, 0.3) is 11.6 Å². The van der Waals surface area contributed by atoms with Crippen molar-refractivity contribution < 1.29 is 9.72 Å². The Kier molecular flexibility index (Phi) is 4.79. The summed E-state index contributed by atoms with van der Waals surface area (Å²) in [7, 11) is 0. The molecule has 0 spiro atoms. The van der Waals surface area contributed by atoms with Crippen molar-refractivity contribution in [3.8, 4) is 5.69 Å². The summed E-state index contributed by atoms with van der Waals surface area (Å²) in [6.45, 7) is 4.99. The Hall–Kier alpha value is -3.07. The van der Waals surface area contributed by atoms with E-state index >= 15 is 0 Å². The van der Waals surface area contributed by atoms with Crippen LogP contribution in [0.2, 0.25) is 0 Å². The van der Waals surface area contributed by atoms with Crippen molar-refractivity contribution >= 4 is 11.6 Å². The summed E-state index contributed by atoms with van der Waals surface area (Å²) in [6.07, 6.45) is 0.749. The number of nitrogens with two attached hydrogens (primary N) is 1. The predicted octanol–water partition coefficient (Wildman–Crippen LogP) is 1.26. The lowest BCUT2D eigenvalue weighted by molar-refractivity contribution is -0.384. The Morgan fingerprint density at radius 3 is 2.74 bits per heavy atom. The lowest BCUT2D eigenvalue weighted by Gasteiger charge is -2.22. The number of nitro groups is 1. The molecule has 1 unspecified atom stereocenters. The van der Waals surface area contributed by atoms with E-state index in [-0.39, 0.29) is 22.5 Å². The molecule has 1 fully saturated rings. The maximum absolute atomic E-state index is 12.9. The summed E-state index contributed by atoms with van der Waals surface area (Å²) in [5.41, 5.74) is 5.28. The standard InChI is InChI=1S/C18H21N5O4/c1-12-9-15(24)16(17(25)21-8-7-18(2,10-19)11-21)20-22(12)13-5-3-4-6-14(13)23(26)27/h3-6,9H,7-8,10-11,19H2,1-2H3. The van der Waals surface area contributed by atoms with Crippen molar-refractivity contribution in [3.63, 3.8) is 0 Å². The number of aromatic nitrogens is 2. The zero-order valence-electron chi connectivity index (χ0n) is 15.2. The lowest BCUT2D eigenvalue weighted by atomic mass is 9.90. The number of amides is 1. The summed E-state index contributed by atoms with van der Waals surface area (Å²) in [4.78, 5) is 37.6. The van der Waals surface area contributed by atoms with Gasteiger partial charge in [-0.05, 0) is 31.4 Å². The van der Waals surface area contributed by atoms with E-state index in [2.05, 4.69) is 5.10 Å². The van der Waals surface area contributed by atoms with Crippen molar-refractivity contribution in [2.75, 3.05) is 19.6 Å². The van der Waals surface area contributed by atoms with E-state index in [9.17, 15) is 19.7 Å². The molecule has 2 heterocycles. The van der Waals surface area contributed by atoms with Gasteiger partial charge in [0.15, 0.2) is 5.69 Å². The van der Waals surface area contributed by atoms with Gasteiger partial charge in [-0.15, -0.1) is 0 Å². The number of carbonyl (C=O) groups is 1. The van der Waals surface area contributed by atoms with E-state index in [1.807, 2.05) is 6.92 Å². The van der Waals surface area contributed by atoms with Gasteiger partial charge >= 0.3 is 0 Å². The van der Waals surface area contributed by atoms with Gasteiger partial charge in [0.1, 0.15) is 5.69 Å². The quantitative estimate of drug-likeness (QED) is 0.637. The zero-order valence-corrected chi connectivity index (χ0v) is 15.2. The molecule has 1 amide bonds. The average Bonchev–Trinajstić information content (AvgIpc) is 3.04. The lowest BCUT2D eigenvalue weighted by Crippen LogP contribution is -2.37. The highest BCUT2D eigenvalue weighted by Gasteiger charge is 2.36. The number of para-hydroxylation sites is 2. The van der Waals surface area contributed by atoms with Crippen LogP contribution in [0.4, 0.5) is 5.69 Å². The molecule has 1 aliphatic rings. The van der Waals surface area contributed by atoms with Crippen LogP contribution in [0, 0.1) is 22.5 Å². The third-order valence-corrected chi connectivity index (χ3v) is 4.95. The van der Waals surface area contributed by atoms with Crippen LogP contribution in [0.15, 0.2) is 35.1 Å². The van der Waals surface area contributed by atoms with Crippen molar-refractivity contribution in [3.05, 3.63) is 62.1 Å². The first kappa shape index (κ1) is 18.7. The molecule has 0 bridgehead atoms. The van der Waals surface area contributed by atoms with Crippen LogP contribution in [-0.2, 0) is 0 Å². The molecule has 0 radical (unpaired) electrons. The van der Waals surface area contributed by atoms with Gasteiger partial charge in [-0.25, -0.2) is 4.68 Å². The fraction of sp³-hybridized carbons (Fsp3) is 0.389. The van der Waals surface area contributed by atoms with E-state index in [0.29, 0.717) is 25.3 Å².